The van der Waals surface area contributed by atoms with Crippen molar-refractivity contribution in [3.05, 3.63) is 30.1 Å². The van der Waals surface area contributed by atoms with Gasteiger partial charge in [0, 0.05) is 58.2 Å². The van der Waals surface area contributed by atoms with E-state index in [2.05, 4.69) is 43.4 Å². The first-order chi connectivity index (χ1) is 13.8. The molecule has 2 N–H and O–H groups in total. The van der Waals surface area contributed by atoms with E-state index in [-0.39, 0.29) is 0 Å². The van der Waals surface area contributed by atoms with E-state index in [0.29, 0.717) is 0 Å². The predicted octanol–water partition coefficient (Wildman–Crippen LogP) is 2.04. The van der Waals surface area contributed by atoms with Gasteiger partial charge in [-0.2, -0.15) is 0 Å². The second-order valence-corrected chi connectivity index (χ2v) is 7.42. The topological polar surface area (TPSA) is 68.7 Å². The maximum atomic E-state index is 4.76. The van der Waals surface area contributed by atoms with Crippen molar-refractivity contribution in [1.82, 2.24) is 25.5 Å². The SMILES string of the molecule is CCNC(=NCCN1CCN(c2ncccn2)CC1)NCCC1=CCCCC1. The highest BCUT2D eigenvalue weighted by Crippen LogP contribution is 2.19. The van der Waals surface area contributed by atoms with Gasteiger partial charge in [-0.15, -0.1) is 0 Å². The first-order valence-corrected chi connectivity index (χ1v) is 10.8. The molecule has 0 bridgehead atoms. The highest BCUT2D eigenvalue weighted by atomic mass is 15.3. The van der Waals surface area contributed by atoms with Gasteiger partial charge < -0.3 is 15.5 Å². The van der Waals surface area contributed by atoms with Crippen LogP contribution < -0.4 is 15.5 Å². The molecular weight excluding hydrogens is 350 g/mol. The number of nitrogens with one attached hydrogen (secondary N) is 2. The van der Waals surface area contributed by atoms with Crippen LogP contribution in [0.2, 0.25) is 0 Å². The number of aromatic nitrogens is 2. The van der Waals surface area contributed by atoms with Crippen molar-refractivity contribution in [3.63, 3.8) is 0 Å². The van der Waals surface area contributed by atoms with Gasteiger partial charge in [0.05, 0.1) is 6.54 Å². The van der Waals surface area contributed by atoms with Gasteiger partial charge >= 0.3 is 0 Å². The molecule has 7 heteroatoms. The van der Waals surface area contributed by atoms with Gasteiger partial charge in [0.15, 0.2) is 5.96 Å². The first-order valence-electron chi connectivity index (χ1n) is 10.8. The molecule has 1 aromatic heterocycles. The van der Waals surface area contributed by atoms with Crippen LogP contribution in [-0.2, 0) is 0 Å². The van der Waals surface area contributed by atoms with E-state index in [9.17, 15) is 0 Å². The second-order valence-electron chi connectivity index (χ2n) is 7.42. The molecule has 3 rings (SSSR count). The average Bonchev–Trinajstić information content (AvgIpc) is 2.76. The Morgan fingerprint density at radius 1 is 1.11 bits per heavy atom. The van der Waals surface area contributed by atoms with Gasteiger partial charge in [0.1, 0.15) is 0 Å². The normalized spacial score (nSPS) is 18.7. The smallest absolute Gasteiger partial charge is 0.225 e. The molecule has 1 aliphatic heterocycles. The zero-order valence-corrected chi connectivity index (χ0v) is 17.2. The third kappa shape index (κ3) is 6.78. The van der Waals surface area contributed by atoms with Crippen LogP contribution >= 0.6 is 0 Å². The minimum atomic E-state index is 0.819. The molecule has 1 saturated heterocycles. The van der Waals surface area contributed by atoms with Gasteiger partial charge in [-0.3, -0.25) is 9.89 Å². The summed E-state index contributed by atoms with van der Waals surface area (Å²) in [6.45, 7) is 9.80. The molecule has 28 heavy (non-hydrogen) atoms. The summed E-state index contributed by atoms with van der Waals surface area (Å²) in [5.74, 6) is 1.78. The summed E-state index contributed by atoms with van der Waals surface area (Å²) in [4.78, 5) is 18.2. The quantitative estimate of drug-likeness (QED) is 0.406. The number of hydrogen-bond acceptors (Lipinski definition) is 5. The van der Waals surface area contributed by atoms with Crippen LogP contribution in [0, 0.1) is 0 Å². The second kappa shape index (κ2) is 11.6. The standard InChI is InChI=1S/C21H35N7/c1-2-22-20(23-12-9-19-7-4-3-5-8-19)24-13-14-27-15-17-28(18-16-27)21-25-10-6-11-26-21/h6-7,10-11H,2-5,8-9,12-18H2,1H3,(H2,22,23,24). The van der Waals surface area contributed by atoms with Crippen LogP contribution in [0.15, 0.2) is 35.1 Å². The molecule has 2 heterocycles. The summed E-state index contributed by atoms with van der Waals surface area (Å²) >= 11 is 0. The first kappa shape index (κ1) is 20.6. The maximum Gasteiger partial charge on any atom is 0.225 e. The van der Waals surface area contributed by atoms with E-state index in [4.69, 9.17) is 4.99 Å². The lowest BCUT2D eigenvalue weighted by Crippen LogP contribution is -2.47. The van der Waals surface area contributed by atoms with Crippen molar-refractivity contribution in [2.45, 2.75) is 39.0 Å². The van der Waals surface area contributed by atoms with Crippen molar-refractivity contribution in [1.29, 1.82) is 0 Å². The fourth-order valence-electron chi connectivity index (χ4n) is 3.74. The van der Waals surface area contributed by atoms with E-state index in [1.807, 2.05) is 18.5 Å². The zero-order valence-electron chi connectivity index (χ0n) is 17.2. The van der Waals surface area contributed by atoms with Gasteiger partial charge in [-0.1, -0.05) is 11.6 Å². The molecule has 2 aliphatic rings. The largest absolute Gasteiger partial charge is 0.357 e. The summed E-state index contributed by atoms with van der Waals surface area (Å²) in [5.41, 5.74) is 1.61. The molecule has 0 radical (unpaired) electrons. The Balaban J connectivity index is 1.36. The molecule has 0 aromatic carbocycles. The Morgan fingerprint density at radius 2 is 1.93 bits per heavy atom. The summed E-state index contributed by atoms with van der Waals surface area (Å²) in [6.07, 6.45) is 12.4. The van der Waals surface area contributed by atoms with Gasteiger partial charge in [-0.05, 0) is 45.1 Å². The molecule has 0 amide bonds. The van der Waals surface area contributed by atoms with E-state index in [0.717, 1.165) is 70.7 Å². The fourth-order valence-corrected chi connectivity index (χ4v) is 3.74. The van der Waals surface area contributed by atoms with Crippen LogP contribution in [-0.4, -0.2) is 73.2 Å². The molecule has 1 fully saturated rings. The molecule has 154 valence electrons. The summed E-state index contributed by atoms with van der Waals surface area (Å²) in [5, 5.41) is 6.85. The van der Waals surface area contributed by atoms with E-state index in [1.54, 1.807) is 5.57 Å². The van der Waals surface area contributed by atoms with Crippen LogP contribution in [0.5, 0.6) is 0 Å². The number of piperazine rings is 1. The highest BCUT2D eigenvalue weighted by Gasteiger charge is 2.18. The number of nitrogens with zero attached hydrogens (tertiary/aromatic N) is 5. The van der Waals surface area contributed by atoms with Crippen molar-refractivity contribution >= 4 is 11.9 Å². The lowest BCUT2D eigenvalue weighted by molar-refractivity contribution is 0.263. The number of hydrogen-bond donors (Lipinski definition) is 2. The minimum Gasteiger partial charge on any atom is -0.357 e. The third-order valence-electron chi connectivity index (χ3n) is 5.36. The molecule has 1 aromatic rings. The number of anilines is 1. The van der Waals surface area contributed by atoms with Crippen LogP contribution in [0.3, 0.4) is 0 Å². The summed E-state index contributed by atoms with van der Waals surface area (Å²) in [7, 11) is 0. The Bertz CT molecular complexity index is 621. The Kier molecular flexibility index (Phi) is 8.55. The molecule has 0 saturated carbocycles. The molecule has 7 nitrogen and oxygen atoms in total. The van der Waals surface area contributed by atoms with Crippen LogP contribution in [0.25, 0.3) is 0 Å². The van der Waals surface area contributed by atoms with Crippen molar-refractivity contribution < 1.29 is 0 Å². The van der Waals surface area contributed by atoms with Gasteiger partial charge in [0.25, 0.3) is 0 Å². The number of allylic oxidation sites excluding steroid dienone is 1. The lowest BCUT2D eigenvalue weighted by Gasteiger charge is -2.34. The molecule has 0 unspecified atom stereocenters. The molecular formula is C21H35N7. The number of rotatable bonds is 8. The Labute approximate surface area is 169 Å². The predicted molar refractivity (Wildman–Crippen MR) is 116 cm³/mol. The lowest BCUT2D eigenvalue weighted by atomic mass is 9.97. The van der Waals surface area contributed by atoms with Gasteiger partial charge in [-0.25, -0.2) is 9.97 Å². The van der Waals surface area contributed by atoms with Crippen molar-refractivity contribution in [3.8, 4) is 0 Å². The van der Waals surface area contributed by atoms with Crippen molar-refractivity contribution in [2.75, 3.05) is 57.3 Å². The number of guanidine groups is 1. The fraction of sp³-hybridized carbons (Fsp3) is 0.667. The summed E-state index contributed by atoms with van der Waals surface area (Å²) in [6, 6.07) is 1.86. The third-order valence-corrected chi connectivity index (χ3v) is 5.36. The zero-order chi connectivity index (χ0) is 19.4. The minimum absolute atomic E-state index is 0.819. The van der Waals surface area contributed by atoms with E-state index < -0.39 is 0 Å². The highest BCUT2D eigenvalue weighted by molar-refractivity contribution is 5.79. The Hall–Kier alpha value is -2.15. The van der Waals surface area contributed by atoms with Crippen LogP contribution in [0.4, 0.5) is 5.95 Å². The van der Waals surface area contributed by atoms with Crippen molar-refractivity contribution in [2.24, 2.45) is 4.99 Å². The number of aliphatic imine (C=N–C) groups is 1. The summed E-state index contributed by atoms with van der Waals surface area (Å²) < 4.78 is 0. The van der Waals surface area contributed by atoms with E-state index in [1.165, 1.54) is 25.7 Å². The average molecular weight is 386 g/mol. The van der Waals surface area contributed by atoms with Crippen LogP contribution in [0.1, 0.15) is 39.0 Å². The maximum absolute atomic E-state index is 4.76. The van der Waals surface area contributed by atoms with E-state index >= 15 is 0 Å². The molecule has 0 atom stereocenters. The molecule has 1 aliphatic carbocycles. The monoisotopic (exact) mass is 385 g/mol. The van der Waals surface area contributed by atoms with Gasteiger partial charge in [0.2, 0.25) is 5.95 Å². The Morgan fingerprint density at radius 3 is 2.64 bits per heavy atom. The molecule has 0 spiro atoms.